The number of nitrogens with zero attached hydrogens (tertiary/aromatic N) is 6. The number of hydrogen-bond acceptors (Lipinski definition) is 12. The molecule has 3 aromatic heterocycles. The number of carbonyl (C=O) groups excluding carboxylic acids is 1. The van der Waals surface area contributed by atoms with Gasteiger partial charge in [-0.05, 0) is 42.1 Å². The molecule has 6 heterocycles. The molecule has 0 bridgehead atoms. The second-order valence-electron chi connectivity index (χ2n) is 12.9. The molecule has 3 aliphatic rings. The van der Waals surface area contributed by atoms with Gasteiger partial charge < -0.3 is 45.6 Å². The van der Waals surface area contributed by atoms with Crippen molar-refractivity contribution in [1.82, 2.24) is 40.6 Å². The van der Waals surface area contributed by atoms with E-state index in [1.54, 1.807) is 17.0 Å². The van der Waals surface area contributed by atoms with Crippen molar-refractivity contribution in [2.24, 2.45) is 0 Å². The van der Waals surface area contributed by atoms with Gasteiger partial charge in [-0.3, -0.25) is 4.57 Å². The van der Waals surface area contributed by atoms with Gasteiger partial charge in [-0.25, -0.2) is 9.78 Å². The van der Waals surface area contributed by atoms with Gasteiger partial charge >= 0.3 is 6.03 Å². The van der Waals surface area contributed by atoms with E-state index < -0.39 is 24.5 Å². The van der Waals surface area contributed by atoms with Crippen molar-refractivity contribution in [2.45, 2.75) is 69.4 Å². The van der Waals surface area contributed by atoms with Crippen LogP contribution in [-0.2, 0) is 17.7 Å². The van der Waals surface area contributed by atoms with Crippen molar-refractivity contribution in [3.05, 3.63) is 71.9 Å². The average molecular weight is 669 g/mol. The highest BCUT2D eigenvalue weighted by Crippen LogP contribution is 2.40. The topological polar surface area (TPSA) is 188 Å². The zero-order valence-corrected chi connectivity index (χ0v) is 27.1. The second-order valence-corrected chi connectivity index (χ2v) is 12.9. The van der Waals surface area contributed by atoms with E-state index in [1.165, 1.54) is 0 Å². The number of ether oxygens (including phenoxy) is 1. The number of aryl methyl sites for hydroxylation is 1. The van der Waals surface area contributed by atoms with Crippen LogP contribution in [0.3, 0.4) is 0 Å². The zero-order valence-electron chi connectivity index (χ0n) is 27.1. The van der Waals surface area contributed by atoms with Crippen LogP contribution in [0.1, 0.15) is 49.1 Å². The largest absolute Gasteiger partial charge is 0.387 e. The molecule has 3 aliphatic heterocycles. The average Bonchev–Trinajstić information content (AvgIpc) is 3.97. The van der Waals surface area contributed by atoms with E-state index in [0.29, 0.717) is 54.7 Å². The molecule has 2 aromatic carbocycles. The summed E-state index contributed by atoms with van der Waals surface area (Å²) < 4.78 is 13.3. The highest BCUT2D eigenvalue weighted by atomic mass is 16.6. The Morgan fingerprint density at radius 1 is 1.06 bits per heavy atom. The minimum absolute atomic E-state index is 0.0866. The van der Waals surface area contributed by atoms with E-state index in [9.17, 15) is 15.0 Å². The Balaban J connectivity index is 1.09. The van der Waals surface area contributed by atoms with Crippen LogP contribution < -0.4 is 26.2 Å². The molecule has 0 radical (unpaired) electrons. The van der Waals surface area contributed by atoms with E-state index in [0.717, 1.165) is 48.0 Å². The molecule has 15 heteroatoms. The lowest BCUT2D eigenvalue weighted by molar-refractivity contribution is -0.0434. The van der Waals surface area contributed by atoms with E-state index in [-0.39, 0.29) is 18.1 Å². The Hall–Kier alpha value is -4.83. The number of aliphatic hydroxyl groups is 2. The number of imidazole rings is 1. The van der Waals surface area contributed by atoms with Crippen LogP contribution in [-0.4, -0.2) is 91.4 Å². The summed E-state index contributed by atoms with van der Waals surface area (Å²) in [5.74, 6) is 1.31. The minimum Gasteiger partial charge on any atom is -0.387 e. The number of benzene rings is 2. The number of anilines is 2. The lowest BCUT2D eigenvalue weighted by atomic mass is 10.0. The van der Waals surface area contributed by atoms with Crippen LogP contribution in [0.25, 0.3) is 21.9 Å². The van der Waals surface area contributed by atoms with Gasteiger partial charge in [0.1, 0.15) is 18.3 Å². The van der Waals surface area contributed by atoms with E-state index in [2.05, 4.69) is 55.7 Å². The molecule has 3 fully saturated rings. The van der Waals surface area contributed by atoms with E-state index in [4.69, 9.17) is 19.2 Å². The van der Waals surface area contributed by atoms with Gasteiger partial charge in [-0.15, -0.1) is 0 Å². The summed E-state index contributed by atoms with van der Waals surface area (Å²) in [6.07, 6.45) is -0.639. The van der Waals surface area contributed by atoms with Crippen molar-refractivity contribution in [3.63, 3.8) is 0 Å². The van der Waals surface area contributed by atoms with Gasteiger partial charge in [-0.1, -0.05) is 54.5 Å². The molecule has 1 unspecified atom stereocenters. The first-order valence-corrected chi connectivity index (χ1v) is 16.9. The number of nitrogens with one attached hydrogen (secondary N) is 4. The van der Waals surface area contributed by atoms with Crippen LogP contribution in [0.5, 0.6) is 0 Å². The summed E-state index contributed by atoms with van der Waals surface area (Å²) in [5, 5.41) is 41.4. The van der Waals surface area contributed by atoms with Gasteiger partial charge in [0.05, 0.1) is 12.0 Å². The maximum absolute atomic E-state index is 12.7. The molecule has 5 aromatic rings. The van der Waals surface area contributed by atoms with Crippen LogP contribution in [0.2, 0.25) is 0 Å². The number of aromatic nitrogens is 5. The van der Waals surface area contributed by atoms with E-state index in [1.807, 2.05) is 30.0 Å². The number of urea groups is 1. The summed E-state index contributed by atoms with van der Waals surface area (Å²) in [5.41, 5.74) is 2.74. The first kappa shape index (κ1) is 31.4. The number of amides is 2. The monoisotopic (exact) mass is 668 g/mol. The summed E-state index contributed by atoms with van der Waals surface area (Å²) in [6.45, 7) is 5.26. The van der Waals surface area contributed by atoms with E-state index >= 15 is 0 Å². The third-order valence-electron chi connectivity index (χ3n) is 9.67. The predicted octanol–water partition coefficient (Wildman–Crippen LogP) is 2.37. The molecule has 0 saturated carbocycles. The SMILES string of the molecule is CCc1cc([C@H]2O[C@@H](n3cnc4c(NCc5cccc6ccccc56)nc(N5CCC(NC(=O)N[C@@H]6CCNC6)C5)nc43)[C@@H](O)[C@H]2O)on1. The molecular formula is C34H40N10O5. The third-order valence-corrected chi connectivity index (χ3v) is 9.67. The minimum atomic E-state index is -1.29. The van der Waals surface area contributed by atoms with Gasteiger partial charge in [-0.2, -0.15) is 9.97 Å². The summed E-state index contributed by atoms with van der Waals surface area (Å²) >= 11 is 0. The molecular weight excluding hydrogens is 628 g/mol. The van der Waals surface area contributed by atoms with Gasteiger partial charge in [0, 0.05) is 44.3 Å². The van der Waals surface area contributed by atoms with Crippen LogP contribution in [0.4, 0.5) is 16.6 Å². The molecule has 15 nitrogen and oxygen atoms in total. The molecule has 3 saturated heterocycles. The Kier molecular flexibility index (Phi) is 8.49. The highest BCUT2D eigenvalue weighted by molar-refractivity contribution is 5.87. The number of hydrogen-bond donors (Lipinski definition) is 6. The fourth-order valence-electron chi connectivity index (χ4n) is 6.98. The van der Waals surface area contributed by atoms with Gasteiger partial charge in [0.25, 0.3) is 0 Å². The zero-order chi connectivity index (χ0) is 33.5. The number of aliphatic hydroxyl groups excluding tert-OH is 2. The Bertz CT molecular complexity index is 1950. The quantitative estimate of drug-likeness (QED) is 0.135. The maximum Gasteiger partial charge on any atom is 0.315 e. The molecule has 6 atom stereocenters. The van der Waals surface area contributed by atoms with Crippen molar-refractivity contribution in [1.29, 1.82) is 0 Å². The Morgan fingerprint density at radius 2 is 1.92 bits per heavy atom. The third kappa shape index (κ3) is 6.14. The lowest BCUT2D eigenvalue weighted by Gasteiger charge is -2.20. The van der Waals surface area contributed by atoms with Gasteiger partial charge in [0.15, 0.2) is 29.0 Å². The predicted molar refractivity (Wildman–Crippen MR) is 181 cm³/mol. The molecule has 0 spiro atoms. The van der Waals surface area contributed by atoms with Crippen LogP contribution in [0.15, 0.2) is 59.4 Å². The Morgan fingerprint density at radius 3 is 2.76 bits per heavy atom. The second kappa shape index (κ2) is 13.2. The number of rotatable bonds is 9. The number of fused-ring (bicyclic) bond motifs is 2. The molecule has 256 valence electrons. The first-order chi connectivity index (χ1) is 23.9. The molecule has 49 heavy (non-hydrogen) atoms. The maximum atomic E-state index is 12.7. The molecule has 2 amide bonds. The number of carbonyl (C=O) groups is 1. The summed E-state index contributed by atoms with van der Waals surface area (Å²) in [7, 11) is 0. The van der Waals surface area contributed by atoms with Crippen LogP contribution in [0, 0.1) is 0 Å². The Labute approximate surface area is 282 Å². The highest BCUT2D eigenvalue weighted by Gasteiger charge is 2.47. The smallest absolute Gasteiger partial charge is 0.315 e. The standard InChI is InChI=1S/C34H40N10O5/c1-2-21-14-25(49-42-21)29-27(45)28(46)32(48-29)44-18-37-26-30(36-15-20-8-5-7-19-6-3-4-9-24(19)20)40-33(41-31(26)44)43-13-11-23(17-43)39-34(47)38-22-10-12-35-16-22/h3-9,14,18,22-23,27-29,32,35,45-46H,2,10-13,15-17H2,1H3,(H,36,40,41)(H2,38,39,47)/t22-,23?,27-,28+,29-,32-/m1/s1. The van der Waals surface area contributed by atoms with Crippen molar-refractivity contribution < 1.29 is 24.3 Å². The lowest BCUT2D eigenvalue weighted by Crippen LogP contribution is -2.47. The molecule has 0 aliphatic carbocycles. The molecule has 6 N–H and O–H groups in total. The van der Waals surface area contributed by atoms with Crippen molar-refractivity contribution in [3.8, 4) is 0 Å². The van der Waals surface area contributed by atoms with Crippen molar-refractivity contribution >= 4 is 39.7 Å². The normalized spacial score (nSPS) is 25.4. The van der Waals surface area contributed by atoms with Gasteiger partial charge in [0.2, 0.25) is 5.95 Å². The van der Waals surface area contributed by atoms with Crippen molar-refractivity contribution in [2.75, 3.05) is 36.4 Å². The summed E-state index contributed by atoms with van der Waals surface area (Å²) in [4.78, 5) is 29.3. The first-order valence-electron chi connectivity index (χ1n) is 16.9. The fourth-order valence-corrected chi connectivity index (χ4v) is 6.98. The fraction of sp³-hybridized carbons (Fsp3) is 0.441. The summed E-state index contributed by atoms with van der Waals surface area (Å²) in [6, 6.07) is 16.0. The van der Waals surface area contributed by atoms with Crippen LogP contribution >= 0.6 is 0 Å². The molecule has 8 rings (SSSR count).